The fourth-order valence-electron chi connectivity index (χ4n) is 2.39. The molecule has 2 aliphatic rings. The lowest BCUT2D eigenvalue weighted by Crippen LogP contribution is -2.52. The summed E-state index contributed by atoms with van der Waals surface area (Å²) in [5.41, 5.74) is 0. The molecule has 0 unspecified atom stereocenters. The Bertz CT molecular complexity index is 248. The van der Waals surface area contributed by atoms with Crippen LogP contribution in [0.3, 0.4) is 0 Å². The van der Waals surface area contributed by atoms with Crippen LogP contribution in [0.1, 0.15) is 26.7 Å². The zero-order valence-corrected chi connectivity index (χ0v) is 11.0. The molecule has 8 atom stereocenters. The Labute approximate surface area is 111 Å². The molecule has 7 heteroatoms. The Kier molecular flexibility index (Phi) is 4.78. The molecule has 0 saturated carbocycles. The Morgan fingerprint density at radius 2 is 1.16 bits per heavy atom. The minimum absolute atomic E-state index is 0.137. The van der Waals surface area contributed by atoms with Gasteiger partial charge in [-0.1, -0.05) is 0 Å². The van der Waals surface area contributed by atoms with Crippen molar-refractivity contribution in [3.05, 3.63) is 0 Å². The van der Waals surface area contributed by atoms with E-state index in [1.54, 1.807) is 13.8 Å². The molecule has 0 aromatic rings. The van der Waals surface area contributed by atoms with Crippen molar-refractivity contribution in [1.29, 1.82) is 0 Å². The predicted octanol–water partition coefficient (Wildman–Crippen LogP) is -1.28. The topological polar surface area (TPSA) is 109 Å². The van der Waals surface area contributed by atoms with Crippen molar-refractivity contribution in [2.45, 2.75) is 75.9 Å². The molecule has 2 aliphatic heterocycles. The van der Waals surface area contributed by atoms with Gasteiger partial charge in [-0.05, 0) is 13.8 Å². The summed E-state index contributed by atoms with van der Waals surface area (Å²) >= 11 is 0. The van der Waals surface area contributed by atoms with Crippen LogP contribution in [0.5, 0.6) is 0 Å². The van der Waals surface area contributed by atoms with Gasteiger partial charge >= 0.3 is 0 Å². The van der Waals surface area contributed by atoms with Crippen molar-refractivity contribution >= 4 is 0 Å². The average molecular weight is 278 g/mol. The standard InChI is InChI=1S/C12H22O7/c1-5-11(15)7(13)3-9(17-5)19-10-4-8(14)12(16)6(2)18-10/h5-16H,3-4H2,1-2H3/t5-,6-,7+,8+,9+,10+,11-,12-/m1/s1. The largest absolute Gasteiger partial charge is 0.390 e. The van der Waals surface area contributed by atoms with Crippen molar-refractivity contribution in [3.8, 4) is 0 Å². The highest BCUT2D eigenvalue weighted by molar-refractivity contribution is 4.82. The summed E-state index contributed by atoms with van der Waals surface area (Å²) in [4.78, 5) is 0. The molecule has 0 spiro atoms. The Balaban J connectivity index is 1.88. The van der Waals surface area contributed by atoms with Crippen LogP contribution in [0.2, 0.25) is 0 Å². The third-order valence-corrected chi connectivity index (χ3v) is 3.65. The van der Waals surface area contributed by atoms with Gasteiger partial charge in [-0.25, -0.2) is 0 Å². The normalized spacial score (nSPS) is 52.1. The second-order valence-electron chi connectivity index (χ2n) is 5.26. The molecule has 0 amide bonds. The first-order chi connectivity index (χ1) is 8.88. The van der Waals surface area contributed by atoms with Crippen LogP contribution in [0, 0.1) is 0 Å². The van der Waals surface area contributed by atoms with Crippen molar-refractivity contribution in [1.82, 2.24) is 0 Å². The monoisotopic (exact) mass is 278 g/mol. The molecule has 112 valence electrons. The third kappa shape index (κ3) is 3.43. The molecule has 0 aromatic heterocycles. The van der Waals surface area contributed by atoms with E-state index in [0.717, 1.165) is 0 Å². The third-order valence-electron chi connectivity index (χ3n) is 3.65. The summed E-state index contributed by atoms with van der Waals surface area (Å²) in [6.07, 6.45) is -5.89. The van der Waals surface area contributed by atoms with E-state index in [-0.39, 0.29) is 12.8 Å². The number of hydrogen-bond acceptors (Lipinski definition) is 7. The molecule has 2 heterocycles. The highest BCUT2D eigenvalue weighted by Gasteiger charge is 2.39. The van der Waals surface area contributed by atoms with E-state index in [1.165, 1.54) is 0 Å². The maximum absolute atomic E-state index is 9.65. The van der Waals surface area contributed by atoms with E-state index in [0.29, 0.717) is 0 Å². The maximum Gasteiger partial charge on any atom is 0.163 e. The van der Waals surface area contributed by atoms with Crippen molar-refractivity contribution < 1.29 is 34.6 Å². The molecule has 2 saturated heterocycles. The van der Waals surface area contributed by atoms with Crippen LogP contribution in [0.4, 0.5) is 0 Å². The SMILES string of the molecule is C[C@H]1O[C@@H](O[C@H]2C[C@H](O)[C@H](O)[C@@H](C)O2)C[C@H](O)[C@@H]1O. The van der Waals surface area contributed by atoms with Gasteiger partial charge in [0.05, 0.1) is 24.4 Å². The predicted molar refractivity (Wildman–Crippen MR) is 63.0 cm³/mol. The van der Waals surface area contributed by atoms with E-state index >= 15 is 0 Å². The number of aliphatic hydroxyl groups excluding tert-OH is 4. The van der Waals surface area contributed by atoms with Gasteiger partial charge < -0.3 is 34.6 Å². The van der Waals surface area contributed by atoms with Gasteiger partial charge in [0.1, 0.15) is 12.2 Å². The number of ether oxygens (including phenoxy) is 3. The lowest BCUT2D eigenvalue weighted by Gasteiger charge is -2.40. The molecule has 2 fully saturated rings. The average Bonchev–Trinajstić information content (AvgIpc) is 2.33. The zero-order chi connectivity index (χ0) is 14.2. The first kappa shape index (κ1) is 15.1. The Morgan fingerprint density at radius 1 is 0.789 bits per heavy atom. The molecule has 19 heavy (non-hydrogen) atoms. The van der Waals surface area contributed by atoms with Gasteiger partial charge in [-0.15, -0.1) is 0 Å². The molecule has 0 radical (unpaired) electrons. The van der Waals surface area contributed by atoms with E-state index in [1.807, 2.05) is 0 Å². The van der Waals surface area contributed by atoms with Crippen molar-refractivity contribution in [2.24, 2.45) is 0 Å². The van der Waals surface area contributed by atoms with E-state index in [2.05, 4.69) is 0 Å². The number of rotatable bonds is 2. The summed E-state index contributed by atoms with van der Waals surface area (Å²) in [5.74, 6) is 0. The van der Waals surface area contributed by atoms with E-state index in [9.17, 15) is 20.4 Å². The fraction of sp³-hybridized carbons (Fsp3) is 1.00. The maximum atomic E-state index is 9.65. The number of aliphatic hydroxyl groups is 4. The molecular weight excluding hydrogens is 256 g/mol. The second-order valence-corrected chi connectivity index (χ2v) is 5.26. The van der Waals surface area contributed by atoms with Gasteiger partial charge in [-0.3, -0.25) is 0 Å². The first-order valence-electron chi connectivity index (χ1n) is 6.57. The van der Waals surface area contributed by atoms with Crippen LogP contribution in [-0.2, 0) is 14.2 Å². The fourth-order valence-corrected chi connectivity index (χ4v) is 2.39. The summed E-state index contributed by atoms with van der Waals surface area (Å²) in [6.45, 7) is 3.29. The van der Waals surface area contributed by atoms with Crippen LogP contribution >= 0.6 is 0 Å². The molecule has 0 aromatic carbocycles. The molecule has 4 N–H and O–H groups in total. The summed E-state index contributed by atoms with van der Waals surface area (Å²) < 4.78 is 16.3. The van der Waals surface area contributed by atoms with E-state index < -0.39 is 49.2 Å². The quantitative estimate of drug-likeness (QED) is 0.498. The van der Waals surface area contributed by atoms with Crippen LogP contribution in [0.15, 0.2) is 0 Å². The Morgan fingerprint density at radius 3 is 1.47 bits per heavy atom. The van der Waals surface area contributed by atoms with Gasteiger partial charge in [0.15, 0.2) is 12.6 Å². The molecule has 0 bridgehead atoms. The molecular formula is C12H22O7. The van der Waals surface area contributed by atoms with Crippen LogP contribution in [0.25, 0.3) is 0 Å². The van der Waals surface area contributed by atoms with Crippen LogP contribution in [-0.4, -0.2) is 69.6 Å². The van der Waals surface area contributed by atoms with Gasteiger partial charge in [0.2, 0.25) is 0 Å². The summed E-state index contributed by atoms with van der Waals surface area (Å²) in [6, 6.07) is 0. The molecule has 2 rings (SSSR count). The molecule has 7 nitrogen and oxygen atoms in total. The summed E-state index contributed by atoms with van der Waals surface area (Å²) in [5, 5.41) is 38.4. The van der Waals surface area contributed by atoms with Crippen LogP contribution < -0.4 is 0 Å². The minimum atomic E-state index is -0.932. The first-order valence-corrected chi connectivity index (χ1v) is 6.57. The van der Waals surface area contributed by atoms with Crippen molar-refractivity contribution in [2.75, 3.05) is 0 Å². The minimum Gasteiger partial charge on any atom is -0.390 e. The van der Waals surface area contributed by atoms with Gasteiger partial charge in [-0.2, -0.15) is 0 Å². The lowest BCUT2D eigenvalue weighted by atomic mass is 10.0. The van der Waals surface area contributed by atoms with Gasteiger partial charge in [0.25, 0.3) is 0 Å². The van der Waals surface area contributed by atoms with Crippen molar-refractivity contribution in [3.63, 3.8) is 0 Å². The summed E-state index contributed by atoms with van der Waals surface area (Å²) in [7, 11) is 0. The highest BCUT2D eigenvalue weighted by Crippen LogP contribution is 2.26. The highest BCUT2D eigenvalue weighted by atomic mass is 16.8. The molecule has 0 aliphatic carbocycles. The second kappa shape index (κ2) is 6.01. The number of hydrogen-bond donors (Lipinski definition) is 4. The van der Waals surface area contributed by atoms with Gasteiger partial charge in [0, 0.05) is 12.8 Å². The smallest absolute Gasteiger partial charge is 0.163 e. The lowest BCUT2D eigenvalue weighted by molar-refractivity contribution is -0.326. The van der Waals surface area contributed by atoms with E-state index in [4.69, 9.17) is 14.2 Å². The zero-order valence-electron chi connectivity index (χ0n) is 11.0. The Hall–Kier alpha value is -0.280.